The average molecular weight is 274 g/mol. The Bertz CT molecular complexity index is 455. The summed E-state index contributed by atoms with van der Waals surface area (Å²) in [6.45, 7) is 5.69. The molecular weight excluding hydrogens is 252 g/mol. The SMILES string of the molecule is CCC(C)CNS(=O)(=O)c1cnn(CCCN)c1. The Morgan fingerprint density at radius 2 is 2.28 bits per heavy atom. The molecule has 1 rings (SSSR count). The summed E-state index contributed by atoms with van der Waals surface area (Å²) in [5, 5.41) is 4.01. The molecule has 0 spiro atoms. The summed E-state index contributed by atoms with van der Waals surface area (Å²) in [4.78, 5) is 0.211. The molecule has 0 fully saturated rings. The number of hydrogen-bond acceptors (Lipinski definition) is 4. The molecular formula is C11H22N4O2S. The van der Waals surface area contributed by atoms with Crippen molar-refractivity contribution in [2.24, 2.45) is 11.7 Å². The van der Waals surface area contributed by atoms with Crippen LogP contribution in [-0.4, -0.2) is 31.3 Å². The third kappa shape index (κ3) is 4.40. The Balaban J connectivity index is 2.64. The Hall–Kier alpha value is -0.920. The van der Waals surface area contributed by atoms with Gasteiger partial charge in [-0.25, -0.2) is 13.1 Å². The second-order valence-electron chi connectivity index (χ2n) is 4.45. The quantitative estimate of drug-likeness (QED) is 0.724. The molecule has 7 heteroatoms. The predicted molar refractivity (Wildman–Crippen MR) is 70.5 cm³/mol. The van der Waals surface area contributed by atoms with Gasteiger partial charge in [-0.2, -0.15) is 5.10 Å². The molecule has 104 valence electrons. The first-order valence-corrected chi connectivity index (χ1v) is 7.70. The van der Waals surface area contributed by atoms with Crippen LogP contribution in [0, 0.1) is 5.92 Å². The van der Waals surface area contributed by atoms with Gasteiger partial charge in [-0.15, -0.1) is 0 Å². The van der Waals surface area contributed by atoms with Crippen molar-refractivity contribution in [2.75, 3.05) is 13.1 Å². The number of nitrogens with one attached hydrogen (secondary N) is 1. The van der Waals surface area contributed by atoms with Crippen LogP contribution in [-0.2, 0) is 16.6 Å². The molecule has 0 aliphatic heterocycles. The molecule has 1 heterocycles. The van der Waals surface area contributed by atoms with E-state index in [0.29, 0.717) is 25.6 Å². The second kappa shape index (κ2) is 6.86. The minimum absolute atomic E-state index is 0.211. The van der Waals surface area contributed by atoms with Crippen LogP contribution in [0.15, 0.2) is 17.3 Å². The summed E-state index contributed by atoms with van der Waals surface area (Å²) in [7, 11) is -3.43. The van der Waals surface area contributed by atoms with Crippen molar-refractivity contribution in [1.82, 2.24) is 14.5 Å². The molecule has 0 aliphatic carbocycles. The van der Waals surface area contributed by atoms with Crippen LogP contribution in [0.25, 0.3) is 0 Å². The lowest BCUT2D eigenvalue weighted by atomic mass is 10.1. The molecule has 0 radical (unpaired) electrons. The van der Waals surface area contributed by atoms with E-state index in [1.165, 1.54) is 12.4 Å². The van der Waals surface area contributed by atoms with Crippen LogP contribution < -0.4 is 10.5 Å². The summed E-state index contributed by atoms with van der Waals surface area (Å²) in [6.07, 6.45) is 4.63. The first-order chi connectivity index (χ1) is 8.49. The minimum Gasteiger partial charge on any atom is -0.330 e. The number of aryl methyl sites for hydroxylation is 1. The molecule has 0 saturated heterocycles. The van der Waals surface area contributed by atoms with Crippen molar-refractivity contribution in [3.05, 3.63) is 12.4 Å². The third-order valence-corrected chi connectivity index (χ3v) is 4.21. The van der Waals surface area contributed by atoms with Crippen LogP contribution in [0.2, 0.25) is 0 Å². The Kier molecular flexibility index (Phi) is 5.77. The third-order valence-electron chi connectivity index (χ3n) is 2.83. The van der Waals surface area contributed by atoms with Crippen LogP contribution >= 0.6 is 0 Å². The van der Waals surface area contributed by atoms with Gasteiger partial charge >= 0.3 is 0 Å². The van der Waals surface area contributed by atoms with Gasteiger partial charge in [0.25, 0.3) is 0 Å². The van der Waals surface area contributed by atoms with E-state index in [1.54, 1.807) is 4.68 Å². The predicted octanol–water partition coefficient (Wildman–Crippen LogP) is 0.556. The maximum atomic E-state index is 12.0. The highest BCUT2D eigenvalue weighted by Gasteiger charge is 2.16. The topological polar surface area (TPSA) is 90.0 Å². The Labute approximate surface area is 109 Å². The number of hydrogen-bond donors (Lipinski definition) is 2. The van der Waals surface area contributed by atoms with Crippen molar-refractivity contribution < 1.29 is 8.42 Å². The highest BCUT2D eigenvalue weighted by molar-refractivity contribution is 7.89. The van der Waals surface area contributed by atoms with Gasteiger partial charge in [0.05, 0.1) is 6.20 Å². The number of rotatable bonds is 8. The molecule has 0 aliphatic rings. The fourth-order valence-corrected chi connectivity index (χ4v) is 2.46. The van der Waals surface area contributed by atoms with Gasteiger partial charge in [-0.05, 0) is 18.9 Å². The summed E-state index contributed by atoms with van der Waals surface area (Å²) >= 11 is 0. The van der Waals surface area contributed by atoms with Gasteiger partial charge < -0.3 is 5.73 Å². The first kappa shape index (κ1) is 15.1. The largest absolute Gasteiger partial charge is 0.330 e. The zero-order valence-electron chi connectivity index (χ0n) is 11.0. The van der Waals surface area contributed by atoms with E-state index in [9.17, 15) is 8.42 Å². The molecule has 3 N–H and O–H groups in total. The molecule has 1 unspecified atom stereocenters. The molecule has 0 amide bonds. The van der Waals surface area contributed by atoms with E-state index in [1.807, 2.05) is 13.8 Å². The molecule has 1 atom stereocenters. The summed E-state index contributed by atoms with van der Waals surface area (Å²) in [5.41, 5.74) is 5.39. The lowest BCUT2D eigenvalue weighted by Gasteiger charge is -2.09. The fraction of sp³-hybridized carbons (Fsp3) is 0.727. The van der Waals surface area contributed by atoms with Crippen molar-refractivity contribution in [1.29, 1.82) is 0 Å². The number of aromatic nitrogens is 2. The molecule has 18 heavy (non-hydrogen) atoms. The van der Waals surface area contributed by atoms with E-state index in [4.69, 9.17) is 5.73 Å². The van der Waals surface area contributed by atoms with E-state index >= 15 is 0 Å². The van der Waals surface area contributed by atoms with E-state index < -0.39 is 10.0 Å². The standard InChI is InChI=1S/C11H22N4O2S/c1-3-10(2)7-14-18(16,17)11-8-13-15(9-11)6-4-5-12/h8-10,14H,3-7,12H2,1-2H3. The summed E-state index contributed by atoms with van der Waals surface area (Å²) in [6, 6.07) is 0. The molecule has 6 nitrogen and oxygen atoms in total. The highest BCUT2D eigenvalue weighted by atomic mass is 32.2. The van der Waals surface area contributed by atoms with Crippen LogP contribution in [0.5, 0.6) is 0 Å². The van der Waals surface area contributed by atoms with Crippen molar-refractivity contribution in [2.45, 2.75) is 38.1 Å². The van der Waals surface area contributed by atoms with Crippen molar-refractivity contribution in [3.63, 3.8) is 0 Å². The number of sulfonamides is 1. The maximum absolute atomic E-state index is 12.0. The van der Waals surface area contributed by atoms with Crippen molar-refractivity contribution >= 4 is 10.0 Å². The van der Waals surface area contributed by atoms with Gasteiger partial charge in [0.1, 0.15) is 4.90 Å². The van der Waals surface area contributed by atoms with Crippen LogP contribution in [0.3, 0.4) is 0 Å². The molecule has 0 saturated carbocycles. The van der Waals surface area contributed by atoms with Gasteiger partial charge in [-0.1, -0.05) is 20.3 Å². The second-order valence-corrected chi connectivity index (χ2v) is 6.21. The smallest absolute Gasteiger partial charge is 0.243 e. The number of nitrogens with two attached hydrogens (primary N) is 1. The molecule has 1 aromatic heterocycles. The number of nitrogens with zero attached hydrogens (tertiary/aromatic N) is 2. The van der Waals surface area contributed by atoms with E-state index in [2.05, 4.69) is 9.82 Å². The van der Waals surface area contributed by atoms with Crippen LogP contribution in [0.1, 0.15) is 26.7 Å². The molecule has 0 bridgehead atoms. The molecule has 0 aromatic carbocycles. The van der Waals surface area contributed by atoms with Gasteiger partial charge in [0, 0.05) is 19.3 Å². The Morgan fingerprint density at radius 3 is 2.89 bits per heavy atom. The summed E-state index contributed by atoms with van der Waals surface area (Å²) < 4.78 is 28.1. The zero-order valence-corrected chi connectivity index (χ0v) is 11.8. The van der Waals surface area contributed by atoms with Gasteiger partial charge in [0.15, 0.2) is 0 Å². The summed E-state index contributed by atoms with van der Waals surface area (Å²) in [5.74, 6) is 0.326. The fourth-order valence-electron chi connectivity index (χ4n) is 1.34. The van der Waals surface area contributed by atoms with Crippen molar-refractivity contribution in [3.8, 4) is 0 Å². The van der Waals surface area contributed by atoms with E-state index in [0.717, 1.165) is 12.8 Å². The lowest BCUT2D eigenvalue weighted by molar-refractivity contribution is 0.528. The van der Waals surface area contributed by atoms with Gasteiger partial charge in [-0.3, -0.25) is 4.68 Å². The lowest BCUT2D eigenvalue weighted by Crippen LogP contribution is -2.28. The van der Waals surface area contributed by atoms with E-state index in [-0.39, 0.29) is 4.90 Å². The van der Waals surface area contributed by atoms with Gasteiger partial charge in [0.2, 0.25) is 10.0 Å². The normalized spacial score (nSPS) is 13.7. The zero-order chi connectivity index (χ0) is 13.6. The van der Waals surface area contributed by atoms with Crippen LogP contribution in [0.4, 0.5) is 0 Å². The molecule has 1 aromatic rings. The highest BCUT2D eigenvalue weighted by Crippen LogP contribution is 2.08. The monoisotopic (exact) mass is 274 g/mol. The first-order valence-electron chi connectivity index (χ1n) is 6.21. The Morgan fingerprint density at radius 1 is 1.56 bits per heavy atom. The maximum Gasteiger partial charge on any atom is 0.243 e. The average Bonchev–Trinajstić information content (AvgIpc) is 2.83. The minimum atomic E-state index is -3.43.